The summed E-state index contributed by atoms with van der Waals surface area (Å²) in [7, 11) is 0. The standard InChI is InChI=1S/C14H19Br2N/c1-2-11-5-7-17(8-6-11)14-9-13(16)4-3-12(14)10-15/h3-4,9,11H,2,5-8,10H2,1H3. The van der Waals surface area contributed by atoms with Crippen LogP contribution in [-0.4, -0.2) is 13.1 Å². The zero-order valence-corrected chi connectivity index (χ0v) is 13.4. The van der Waals surface area contributed by atoms with Crippen LogP contribution in [0.5, 0.6) is 0 Å². The molecule has 3 heteroatoms. The maximum atomic E-state index is 3.58. The summed E-state index contributed by atoms with van der Waals surface area (Å²) in [5.41, 5.74) is 2.79. The molecule has 0 atom stereocenters. The third kappa shape index (κ3) is 3.25. The Bertz CT molecular complexity index is 370. The lowest BCUT2D eigenvalue weighted by atomic mass is 9.94. The molecule has 1 aromatic rings. The van der Waals surface area contributed by atoms with E-state index in [9.17, 15) is 0 Å². The first kappa shape index (κ1) is 13.4. The molecule has 1 aromatic carbocycles. The second kappa shape index (κ2) is 6.24. The van der Waals surface area contributed by atoms with Crippen LogP contribution >= 0.6 is 31.9 Å². The summed E-state index contributed by atoms with van der Waals surface area (Å²) in [6.45, 7) is 4.72. The summed E-state index contributed by atoms with van der Waals surface area (Å²) in [5.74, 6) is 0.936. The van der Waals surface area contributed by atoms with E-state index in [1.165, 1.54) is 48.1 Å². The van der Waals surface area contributed by atoms with Crippen molar-refractivity contribution in [2.75, 3.05) is 18.0 Å². The number of anilines is 1. The fourth-order valence-corrected chi connectivity index (χ4v) is 3.35. The fourth-order valence-electron chi connectivity index (χ4n) is 2.53. The minimum Gasteiger partial charge on any atom is -0.371 e. The average molecular weight is 361 g/mol. The number of benzene rings is 1. The van der Waals surface area contributed by atoms with Crippen LogP contribution in [-0.2, 0) is 5.33 Å². The van der Waals surface area contributed by atoms with E-state index >= 15 is 0 Å². The van der Waals surface area contributed by atoms with Crippen molar-refractivity contribution in [1.29, 1.82) is 0 Å². The lowest BCUT2D eigenvalue weighted by molar-refractivity contribution is 0.395. The first-order valence-electron chi connectivity index (χ1n) is 6.34. The Balaban J connectivity index is 2.14. The largest absolute Gasteiger partial charge is 0.371 e. The first-order chi connectivity index (χ1) is 8.24. The van der Waals surface area contributed by atoms with Gasteiger partial charge in [0.25, 0.3) is 0 Å². The molecule has 0 bridgehead atoms. The van der Waals surface area contributed by atoms with Gasteiger partial charge in [-0.25, -0.2) is 0 Å². The molecule has 0 N–H and O–H groups in total. The molecular weight excluding hydrogens is 342 g/mol. The highest BCUT2D eigenvalue weighted by molar-refractivity contribution is 9.10. The Morgan fingerprint density at radius 1 is 1.29 bits per heavy atom. The number of hydrogen-bond donors (Lipinski definition) is 0. The lowest BCUT2D eigenvalue weighted by Crippen LogP contribution is -2.34. The van der Waals surface area contributed by atoms with E-state index < -0.39 is 0 Å². The van der Waals surface area contributed by atoms with Gasteiger partial charge in [0.2, 0.25) is 0 Å². The van der Waals surface area contributed by atoms with Crippen LogP contribution in [0.2, 0.25) is 0 Å². The molecule has 0 amide bonds. The number of halogens is 2. The molecule has 1 fully saturated rings. The monoisotopic (exact) mass is 359 g/mol. The second-order valence-corrected chi connectivity index (χ2v) is 6.22. The van der Waals surface area contributed by atoms with E-state index in [1.807, 2.05) is 0 Å². The minimum absolute atomic E-state index is 0.934. The third-order valence-electron chi connectivity index (χ3n) is 3.72. The molecule has 1 aliphatic rings. The van der Waals surface area contributed by atoms with E-state index in [0.29, 0.717) is 0 Å². The Morgan fingerprint density at radius 2 is 2.00 bits per heavy atom. The Labute approximate surface area is 121 Å². The zero-order chi connectivity index (χ0) is 12.3. The predicted molar refractivity (Wildman–Crippen MR) is 82.0 cm³/mol. The third-order valence-corrected chi connectivity index (χ3v) is 4.82. The molecular formula is C14H19Br2N. The van der Waals surface area contributed by atoms with Crippen molar-refractivity contribution in [3.63, 3.8) is 0 Å². The van der Waals surface area contributed by atoms with Crippen LogP contribution in [0, 0.1) is 5.92 Å². The van der Waals surface area contributed by atoms with E-state index in [2.05, 4.69) is 61.9 Å². The first-order valence-corrected chi connectivity index (χ1v) is 8.25. The molecule has 2 rings (SSSR count). The normalized spacial score (nSPS) is 17.5. The van der Waals surface area contributed by atoms with Crippen molar-refractivity contribution in [3.8, 4) is 0 Å². The smallest absolute Gasteiger partial charge is 0.0418 e. The van der Waals surface area contributed by atoms with Gasteiger partial charge in [0.1, 0.15) is 0 Å². The fraction of sp³-hybridized carbons (Fsp3) is 0.571. The highest BCUT2D eigenvalue weighted by atomic mass is 79.9. The second-order valence-electron chi connectivity index (χ2n) is 4.75. The van der Waals surface area contributed by atoms with Crippen molar-refractivity contribution in [3.05, 3.63) is 28.2 Å². The molecule has 1 aliphatic heterocycles. The van der Waals surface area contributed by atoms with Crippen LogP contribution < -0.4 is 4.90 Å². The molecule has 0 aliphatic carbocycles. The van der Waals surface area contributed by atoms with Crippen molar-refractivity contribution >= 4 is 37.5 Å². The van der Waals surface area contributed by atoms with Crippen LogP contribution in [0.3, 0.4) is 0 Å². The van der Waals surface area contributed by atoms with Gasteiger partial charge in [-0.15, -0.1) is 0 Å². The van der Waals surface area contributed by atoms with Gasteiger partial charge < -0.3 is 4.90 Å². The van der Waals surface area contributed by atoms with Crippen LogP contribution in [0.1, 0.15) is 31.7 Å². The van der Waals surface area contributed by atoms with E-state index in [4.69, 9.17) is 0 Å². The molecule has 94 valence electrons. The lowest BCUT2D eigenvalue weighted by Gasteiger charge is -2.34. The predicted octanol–water partition coefficient (Wildman–Crippen LogP) is 4.97. The molecule has 17 heavy (non-hydrogen) atoms. The summed E-state index contributed by atoms with van der Waals surface area (Å²) in [6.07, 6.45) is 4.01. The quantitative estimate of drug-likeness (QED) is 0.688. The van der Waals surface area contributed by atoms with Crippen LogP contribution in [0.4, 0.5) is 5.69 Å². The van der Waals surface area contributed by atoms with E-state index in [1.54, 1.807) is 0 Å². The van der Waals surface area contributed by atoms with Crippen molar-refractivity contribution in [1.82, 2.24) is 0 Å². The maximum Gasteiger partial charge on any atom is 0.0418 e. The van der Waals surface area contributed by atoms with Gasteiger partial charge in [-0.1, -0.05) is 51.3 Å². The van der Waals surface area contributed by atoms with Crippen LogP contribution in [0.25, 0.3) is 0 Å². The number of piperidine rings is 1. The van der Waals surface area contributed by atoms with E-state index in [-0.39, 0.29) is 0 Å². The molecule has 0 aromatic heterocycles. The summed E-state index contributed by atoms with van der Waals surface area (Å²) >= 11 is 7.16. The van der Waals surface area contributed by atoms with E-state index in [0.717, 1.165) is 11.2 Å². The summed E-state index contributed by atoms with van der Waals surface area (Å²) in [4.78, 5) is 2.54. The van der Waals surface area contributed by atoms with Crippen molar-refractivity contribution in [2.24, 2.45) is 5.92 Å². The number of nitrogens with zero attached hydrogens (tertiary/aromatic N) is 1. The summed E-state index contributed by atoms with van der Waals surface area (Å²) in [5, 5.41) is 0.934. The summed E-state index contributed by atoms with van der Waals surface area (Å²) in [6, 6.07) is 6.59. The van der Waals surface area contributed by atoms with Gasteiger partial charge in [-0.2, -0.15) is 0 Å². The molecule has 0 radical (unpaired) electrons. The number of rotatable bonds is 3. The SMILES string of the molecule is CCC1CCN(c2cc(Br)ccc2CBr)CC1. The van der Waals surface area contributed by atoms with Gasteiger partial charge in [0.05, 0.1) is 0 Å². The van der Waals surface area contributed by atoms with Crippen molar-refractivity contribution in [2.45, 2.75) is 31.5 Å². The topological polar surface area (TPSA) is 3.24 Å². The molecule has 0 spiro atoms. The molecule has 1 nitrogen and oxygen atoms in total. The molecule has 1 heterocycles. The summed E-state index contributed by atoms with van der Waals surface area (Å²) < 4.78 is 1.18. The van der Waals surface area contributed by atoms with Gasteiger partial charge in [-0.05, 0) is 36.5 Å². The number of alkyl halides is 1. The Hall–Kier alpha value is -0.0200. The molecule has 0 unspecified atom stereocenters. The minimum atomic E-state index is 0.934. The van der Waals surface area contributed by atoms with Gasteiger partial charge in [-0.3, -0.25) is 0 Å². The zero-order valence-electron chi connectivity index (χ0n) is 10.3. The van der Waals surface area contributed by atoms with Crippen molar-refractivity contribution < 1.29 is 0 Å². The molecule has 1 saturated heterocycles. The molecule has 0 saturated carbocycles. The Kier molecular flexibility index (Phi) is 4.92. The maximum absolute atomic E-state index is 3.58. The van der Waals surface area contributed by atoms with Gasteiger partial charge in [0.15, 0.2) is 0 Å². The van der Waals surface area contributed by atoms with Crippen LogP contribution in [0.15, 0.2) is 22.7 Å². The highest BCUT2D eigenvalue weighted by Gasteiger charge is 2.19. The Morgan fingerprint density at radius 3 is 2.59 bits per heavy atom. The van der Waals surface area contributed by atoms with Gasteiger partial charge >= 0.3 is 0 Å². The highest BCUT2D eigenvalue weighted by Crippen LogP contribution is 2.31. The average Bonchev–Trinajstić information content (AvgIpc) is 2.39. The van der Waals surface area contributed by atoms with Gasteiger partial charge in [0, 0.05) is 28.6 Å². The number of hydrogen-bond acceptors (Lipinski definition) is 1.